The van der Waals surface area contributed by atoms with Crippen LogP contribution < -0.4 is 9.64 Å². The number of aromatic hydroxyl groups is 1. The number of phenols is 1. The molecular weight excluding hydrogens is 293 g/mol. The molecule has 0 heterocycles. The molecule has 0 atom stereocenters. The first-order valence-corrected chi connectivity index (χ1v) is 6.98. The number of hydrogen-bond donors (Lipinski definition) is 1. The van der Waals surface area contributed by atoms with Crippen LogP contribution >= 0.6 is 11.6 Å². The molecule has 0 radical (unpaired) electrons. The third kappa shape index (κ3) is 3.58. The van der Waals surface area contributed by atoms with Crippen LogP contribution in [0.25, 0.3) is 0 Å². The van der Waals surface area contributed by atoms with Gasteiger partial charge in [0.15, 0.2) is 11.5 Å². The molecule has 0 unspecified atom stereocenters. The summed E-state index contributed by atoms with van der Waals surface area (Å²) >= 11 is 6.03. The van der Waals surface area contributed by atoms with Crippen molar-refractivity contribution in [2.45, 2.75) is 13.5 Å². The predicted octanol–water partition coefficient (Wildman–Crippen LogP) is 4.22. The van der Waals surface area contributed by atoms with E-state index in [4.69, 9.17) is 16.3 Å². The number of hydrogen-bond acceptors (Lipinski definition) is 3. The van der Waals surface area contributed by atoms with Crippen LogP contribution in [0.15, 0.2) is 36.4 Å². The Labute approximate surface area is 128 Å². The molecule has 5 heteroatoms. The van der Waals surface area contributed by atoms with E-state index in [1.165, 1.54) is 19.2 Å². The molecule has 0 aliphatic carbocycles. The zero-order valence-electron chi connectivity index (χ0n) is 11.9. The fourth-order valence-corrected chi connectivity index (χ4v) is 2.38. The van der Waals surface area contributed by atoms with E-state index in [9.17, 15) is 9.50 Å². The van der Waals surface area contributed by atoms with E-state index in [2.05, 4.69) is 0 Å². The van der Waals surface area contributed by atoms with E-state index < -0.39 is 0 Å². The van der Waals surface area contributed by atoms with E-state index in [0.29, 0.717) is 29.4 Å². The van der Waals surface area contributed by atoms with E-state index in [1.807, 2.05) is 11.8 Å². The molecule has 0 aliphatic heterocycles. The molecule has 0 aromatic heterocycles. The first-order chi connectivity index (χ1) is 10.0. The van der Waals surface area contributed by atoms with Gasteiger partial charge in [-0.15, -0.1) is 0 Å². The quantitative estimate of drug-likeness (QED) is 0.897. The van der Waals surface area contributed by atoms with Crippen molar-refractivity contribution in [1.82, 2.24) is 0 Å². The molecule has 0 bridgehead atoms. The number of benzene rings is 2. The average molecular weight is 310 g/mol. The molecule has 2 rings (SSSR count). The van der Waals surface area contributed by atoms with Crippen molar-refractivity contribution in [3.63, 3.8) is 0 Å². The van der Waals surface area contributed by atoms with Gasteiger partial charge in [-0.3, -0.25) is 0 Å². The number of phenolic OH excluding ortho intramolecular Hbond substituents is 1. The highest BCUT2D eigenvalue weighted by atomic mass is 35.5. The summed E-state index contributed by atoms with van der Waals surface area (Å²) in [5.74, 6) is 0.136. The maximum absolute atomic E-state index is 13.0. The second kappa shape index (κ2) is 6.68. The highest BCUT2D eigenvalue weighted by Crippen LogP contribution is 2.34. The van der Waals surface area contributed by atoms with Gasteiger partial charge in [0.1, 0.15) is 5.82 Å². The van der Waals surface area contributed by atoms with Crippen molar-refractivity contribution in [3.05, 3.63) is 52.8 Å². The van der Waals surface area contributed by atoms with Crippen LogP contribution in [0.2, 0.25) is 5.02 Å². The minimum absolute atomic E-state index is 0.0717. The standard InChI is InChI=1S/C16H17ClFNO2/c1-3-19(14-6-4-13(18)5-7-14)10-11-8-12(17)9-15(21-2)16(11)20/h4-9,20H,3,10H2,1-2H3. The van der Waals surface area contributed by atoms with Gasteiger partial charge in [0.05, 0.1) is 7.11 Å². The summed E-state index contributed by atoms with van der Waals surface area (Å²) in [4.78, 5) is 2.00. The van der Waals surface area contributed by atoms with Gasteiger partial charge in [-0.1, -0.05) is 11.6 Å². The maximum Gasteiger partial charge on any atom is 0.162 e. The number of methoxy groups -OCH3 is 1. The van der Waals surface area contributed by atoms with Crippen LogP contribution in [-0.4, -0.2) is 18.8 Å². The summed E-state index contributed by atoms with van der Waals surface area (Å²) in [5, 5.41) is 10.7. The van der Waals surface area contributed by atoms with Crippen molar-refractivity contribution < 1.29 is 14.2 Å². The van der Waals surface area contributed by atoms with Crippen molar-refractivity contribution >= 4 is 17.3 Å². The Morgan fingerprint density at radius 3 is 2.48 bits per heavy atom. The van der Waals surface area contributed by atoms with Gasteiger partial charge in [0.2, 0.25) is 0 Å². The van der Waals surface area contributed by atoms with Crippen LogP contribution in [0.1, 0.15) is 12.5 Å². The summed E-state index contributed by atoms with van der Waals surface area (Å²) in [5.41, 5.74) is 1.53. The molecule has 0 aliphatic rings. The second-order valence-corrected chi connectivity index (χ2v) is 5.04. The topological polar surface area (TPSA) is 32.7 Å². The second-order valence-electron chi connectivity index (χ2n) is 4.61. The Bertz CT molecular complexity index is 616. The van der Waals surface area contributed by atoms with E-state index >= 15 is 0 Å². The molecule has 0 saturated carbocycles. The third-order valence-electron chi connectivity index (χ3n) is 3.27. The van der Waals surface area contributed by atoms with Crippen LogP contribution in [-0.2, 0) is 6.54 Å². The number of rotatable bonds is 5. The van der Waals surface area contributed by atoms with E-state index in [1.54, 1.807) is 24.3 Å². The molecule has 0 saturated heterocycles. The SMILES string of the molecule is CCN(Cc1cc(Cl)cc(OC)c1O)c1ccc(F)cc1. The van der Waals surface area contributed by atoms with Crippen molar-refractivity contribution in [2.24, 2.45) is 0 Å². The smallest absolute Gasteiger partial charge is 0.162 e. The molecule has 2 aromatic carbocycles. The summed E-state index contributed by atoms with van der Waals surface area (Å²) < 4.78 is 18.1. The lowest BCUT2D eigenvalue weighted by atomic mass is 10.1. The zero-order chi connectivity index (χ0) is 15.4. The largest absolute Gasteiger partial charge is 0.504 e. The molecule has 21 heavy (non-hydrogen) atoms. The Hall–Kier alpha value is -1.94. The number of anilines is 1. The summed E-state index contributed by atoms with van der Waals surface area (Å²) in [6, 6.07) is 9.50. The Morgan fingerprint density at radius 1 is 1.24 bits per heavy atom. The summed E-state index contributed by atoms with van der Waals surface area (Å²) in [6.45, 7) is 3.15. The summed E-state index contributed by atoms with van der Waals surface area (Å²) in [7, 11) is 1.48. The van der Waals surface area contributed by atoms with Gasteiger partial charge in [0.25, 0.3) is 0 Å². The summed E-state index contributed by atoms with van der Waals surface area (Å²) in [6.07, 6.45) is 0. The zero-order valence-corrected chi connectivity index (χ0v) is 12.7. The van der Waals surface area contributed by atoms with Gasteiger partial charge >= 0.3 is 0 Å². The highest BCUT2D eigenvalue weighted by Gasteiger charge is 2.13. The fourth-order valence-electron chi connectivity index (χ4n) is 2.15. The number of ether oxygens (including phenoxy) is 1. The predicted molar refractivity (Wildman–Crippen MR) is 82.8 cm³/mol. The molecular formula is C16H17ClFNO2. The minimum atomic E-state index is -0.276. The lowest BCUT2D eigenvalue weighted by Gasteiger charge is -2.24. The van der Waals surface area contributed by atoms with Crippen LogP contribution in [0.5, 0.6) is 11.5 Å². The first-order valence-electron chi connectivity index (χ1n) is 6.61. The number of halogens is 2. The fraction of sp³-hybridized carbons (Fsp3) is 0.250. The van der Waals surface area contributed by atoms with Gasteiger partial charge < -0.3 is 14.7 Å². The maximum atomic E-state index is 13.0. The molecule has 0 fully saturated rings. The van der Waals surface area contributed by atoms with Crippen LogP contribution in [0, 0.1) is 5.82 Å². The minimum Gasteiger partial charge on any atom is -0.504 e. The van der Waals surface area contributed by atoms with Gasteiger partial charge in [-0.2, -0.15) is 0 Å². The molecule has 0 spiro atoms. The Kier molecular flexibility index (Phi) is 4.91. The lowest BCUT2D eigenvalue weighted by Crippen LogP contribution is -2.22. The molecule has 3 nitrogen and oxygen atoms in total. The lowest BCUT2D eigenvalue weighted by molar-refractivity contribution is 0.370. The van der Waals surface area contributed by atoms with Crippen molar-refractivity contribution in [2.75, 3.05) is 18.6 Å². The van der Waals surface area contributed by atoms with E-state index in [-0.39, 0.29) is 11.6 Å². The van der Waals surface area contributed by atoms with E-state index in [0.717, 1.165) is 5.69 Å². The number of nitrogens with zero attached hydrogens (tertiary/aromatic N) is 1. The Balaban J connectivity index is 2.30. The van der Waals surface area contributed by atoms with Crippen molar-refractivity contribution in [3.8, 4) is 11.5 Å². The van der Waals surface area contributed by atoms with Crippen molar-refractivity contribution in [1.29, 1.82) is 0 Å². The average Bonchev–Trinajstić information content (AvgIpc) is 2.48. The molecule has 112 valence electrons. The normalized spacial score (nSPS) is 10.5. The van der Waals surface area contributed by atoms with Gasteiger partial charge in [-0.05, 0) is 37.3 Å². The highest BCUT2D eigenvalue weighted by molar-refractivity contribution is 6.30. The van der Waals surface area contributed by atoms with Gasteiger partial charge in [0, 0.05) is 35.4 Å². The van der Waals surface area contributed by atoms with Gasteiger partial charge in [-0.25, -0.2) is 4.39 Å². The third-order valence-corrected chi connectivity index (χ3v) is 3.49. The Morgan fingerprint density at radius 2 is 1.90 bits per heavy atom. The molecule has 2 aromatic rings. The first kappa shape index (κ1) is 15.4. The molecule has 1 N–H and O–H groups in total. The van der Waals surface area contributed by atoms with Crippen LogP contribution in [0.4, 0.5) is 10.1 Å². The van der Waals surface area contributed by atoms with Crippen LogP contribution in [0.3, 0.4) is 0 Å². The monoisotopic (exact) mass is 309 g/mol. The molecule has 0 amide bonds.